The molecule has 1 rings (SSSR count). The molecule has 0 aromatic heterocycles. The van der Waals surface area contributed by atoms with Crippen molar-refractivity contribution < 1.29 is 26.2 Å². The van der Waals surface area contributed by atoms with E-state index in [2.05, 4.69) is 25.2 Å². The van der Waals surface area contributed by atoms with Gasteiger partial charge < -0.3 is 0 Å². The SMILES string of the molecule is CC1=CCC=C1.[Zr]. The van der Waals surface area contributed by atoms with Crippen LogP contribution in [0.5, 0.6) is 0 Å². The van der Waals surface area contributed by atoms with Crippen molar-refractivity contribution in [3.8, 4) is 0 Å². The van der Waals surface area contributed by atoms with E-state index in [0.717, 1.165) is 6.42 Å². The molecule has 0 heterocycles. The number of hydrogen-bond donors (Lipinski definition) is 0. The van der Waals surface area contributed by atoms with Crippen LogP contribution in [0, 0.1) is 0 Å². The first-order chi connectivity index (χ1) is 2.89. The first kappa shape index (κ1) is 7.36. The van der Waals surface area contributed by atoms with E-state index in [1.54, 1.807) is 0 Å². The van der Waals surface area contributed by atoms with Crippen molar-refractivity contribution in [1.82, 2.24) is 0 Å². The van der Waals surface area contributed by atoms with Gasteiger partial charge in [0.05, 0.1) is 0 Å². The number of allylic oxidation sites excluding steroid dienone is 4. The molecule has 0 aromatic rings. The van der Waals surface area contributed by atoms with Crippen LogP contribution < -0.4 is 0 Å². The second-order valence-corrected chi connectivity index (χ2v) is 1.59. The van der Waals surface area contributed by atoms with Crippen LogP contribution in [0.1, 0.15) is 13.3 Å². The van der Waals surface area contributed by atoms with E-state index in [9.17, 15) is 0 Å². The Labute approximate surface area is 63.4 Å². The second-order valence-electron chi connectivity index (χ2n) is 1.59. The minimum absolute atomic E-state index is 0. The van der Waals surface area contributed by atoms with Crippen molar-refractivity contribution in [2.24, 2.45) is 0 Å². The molecule has 0 radical (unpaired) electrons. The molecular formula is C6H8Zr. The summed E-state index contributed by atoms with van der Waals surface area (Å²) in [6.07, 6.45) is 7.65. The molecule has 7 heavy (non-hydrogen) atoms. The predicted octanol–water partition coefficient (Wildman–Crippen LogP) is 1.89. The summed E-state index contributed by atoms with van der Waals surface area (Å²) in [5.41, 5.74) is 1.40. The van der Waals surface area contributed by atoms with E-state index < -0.39 is 0 Å². The summed E-state index contributed by atoms with van der Waals surface area (Å²) < 4.78 is 0. The van der Waals surface area contributed by atoms with Crippen molar-refractivity contribution >= 4 is 0 Å². The van der Waals surface area contributed by atoms with E-state index in [0.29, 0.717) is 0 Å². The first-order valence-electron chi connectivity index (χ1n) is 2.23. The van der Waals surface area contributed by atoms with Gasteiger partial charge in [-0.25, -0.2) is 0 Å². The molecule has 0 saturated carbocycles. The molecule has 0 fully saturated rings. The average molecular weight is 171 g/mol. The smallest absolute Gasteiger partial charge is 0 e. The number of hydrogen-bond acceptors (Lipinski definition) is 0. The van der Waals surface area contributed by atoms with E-state index >= 15 is 0 Å². The van der Waals surface area contributed by atoms with Gasteiger partial charge in [0, 0.05) is 26.2 Å². The molecule has 0 aliphatic heterocycles. The van der Waals surface area contributed by atoms with Gasteiger partial charge in [-0.3, -0.25) is 0 Å². The largest absolute Gasteiger partial charge is 0.0805 e. The van der Waals surface area contributed by atoms with Crippen molar-refractivity contribution in [3.63, 3.8) is 0 Å². The molecule has 1 aliphatic carbocycles. The molecule has 0 saturated heterocycles. The van der Waals surface area contributed by atoms with Crippen LogP contribution >= 0.6 is 0 Å². The molecule has 0 nitrogen and oxygen atoms in total. The summed E-state index contributed by atoms with van der Waals surface area (Å²) in [6, 6.07) is 0. The van der Waals surface area contributed by atoms with Gasteiger partial charge in [0.2, 0.25) is 0 Å². The Bertz CT molecular complexity index is 98.0. The zero-order valence-corrected chi connectivity index (χ0v) is 6.90. The van der Waals surface area contributed by atoms with Crippen molar-refractivity contribution in [3.05, 3.63) is 23.8 Å². The Morgan fingerprint density at radius 2 is 2.29 bits per heavy atom. The zero-order valence-electron chi connectivity index (χ0n) is 4.44. The molecule has 1 heteroatoms. The maximum atomic E-state index is 2.21. The van der Waals surface area contributed by atoms with Crippen LogP contribution in [0.3, 0.4) is 0 Å². The number of rotatable bonds is 0. The van der Waals surface area contributed by atoms with E-state index in [1.807, 2.05) is 0 Å². The third-order valence-electron chi connectivity index (χ3n) is 0.957. The predicted molar refractivity (Wildman–Crippen MR) is 27.5 cm³/mol. The summed E-state index contributed by atoms with van der Waals surface area (Å²) >= 11 is 0. The summed E-state index contributed by atoms with van der Waals surface area (Å²) in [4.78, 5) is 0. The average Bonchev–Trinajstić information content (AvgIpc) is 1.86. The molecule has 0 amide bonds. The Balaban J connectivity index is 0.000000360. The molecule has 0 atom stereocenters. The molecule has 1 aliphatic rings. The minimum atomic E-state index is 0. The topological polar surface area (TPSA) is 0 Å². The summed E-state index contributed by atoms with van der Waals surface area (Å²) in [6.45, 7) is 2.11. The Hall–Kier alpha value is 0.363. The molecule has 0 spiro atoms. The Morgan fingerprint density at radius 1 is 1.57 bits per heavy atom. The summed E-state index contributed by atoms with van der Waals surface area (Å²) in [5, 5.41) is 0. The molecule has 0 bridgehead atoms. The quantitative estimate of drug-likeness (QED) is 0.522. The molecule has 0 N–H and O–H groups in total. The Kier molecular flexibility index (Phi) is 3.55. The molecule has 0 aromatic carbocycles. The van der Waals surface area contributed by atoms with Crippen LogP contribution in [0.4, 0.5) is 0 Å². The Morgan fingerprint density at radius 3 is 2.43 bits per heavy atom. The zero-order chi connectivity index (χ0) is 4.41. The van der Waals surface area contributed by atoms with E-state index in [-0.39, 0.29) is 26.2 Å². The van der Waals surface area contributed by atoms with Gasteiger partial charge in [-0.1, -0.05) is 23.8 Å². The van der Waals surface area contributed by atoms with Gasteiger partial charge in [-0.2, -0.15) is 0 Å². The molecular weight excluding hydrogens is 163 g/mol. The van der Waals surface area contributed by atoms with Gasteiger partial charge in [0.1, 0.15) is 0 Å². The van der Waals surface area contributed by atoms with Gasteiger partial charge in [0.25, 0.3) is 0 Å². The minimum Gasteiger partial charge on any atom is -0.0805 e. The van der Waals surface area contributed by atoms with Gasteiger partial charge in [-0.15, -0.1) is 0 Å². The van der Waals surface area contributed by atoms with Crippen LogP contribution in [0.2, 0.25) is 0 Å². The van der Waals surface area contributed by atoms with Crippen molar-refractivity contribution in [2.45, 2.75) is 13.3 Å². The van der Waals surface area contributed by atoms with Crippen LogP contribution in [-0.2, 0) is 26.2 Å². The van der Waals surface area contributed by atoms with Crippen LogP contribution in [0.25, 0.3) is 0 Å². The van der Waals surface area contributed by atoms with Crippen LogP contribution in [0.15, 0.2) is 23.8 Å². The maximum absolute atomic E-state index is 2.21. The van der Waals surface area contributed by atoms with Crippen molar-refractivity contribution in [1.29, 1.82) is 0 Å². The summed E-state index contributed by atoms with van der Waals surface area (Å²) in [7, 11) is 0. The summed E-state index contributed by atoms with van der Waals surface area (Å²) in [5.74, 6) is 0. The second kappa shape index (κ2) is 3.38. The van der Waals surface area contributed by atoms with E-state index in [1.165, 1.54) is 5.57 Å². The third-order valence-corrected chi connectivity index (χ3v) is 0.957. The molecule has 36 valence electrons. The van der Waals surface area contributed by atoms with E-state index in [4.69, 9.17) is 0 Å². The molecule has 0 unspecified atom stereocenters. The monoisotopic (exact) mass is 170 g/mol. The fourth-order valence-corrected chi connectivity index (χ4v) is 0.576. The van der Waals surface area contributed by atoms with Gasteiger partial charge in [0.15, 0.2) is 0 Å². The van der Waals surface area contributed by atoms with Crippen LogP contribution in [-0.4, -0.2) is 0 Å². The fraction of sp³-hybridized carbons (Fsp3) is 0.333. The first-order valence-corrected chi connectivity index (χ1v) is 2.23. The van der Waals surface area contributed by atoms with Gasteiger partial charge >= 0.3 is 0 Å². The normalized spacial score (nSPS) is 15.9. The van der Waals surface area contributed by atoms with Crippen molar-refractivity contribution in [2.75, 3.05) is 0 Å². The third kappa shape index (κ3) is 2.23. The maximum Gasteiger partial charge on any atom is 0 e. The van der Waals surface area contributed by atoms with Gasteiger partial charge in [-0.05, 0) is 13.3 Å². The standard InChI is InChI=1S/C6H8.Zr/c1-6-4-2-3-5-6;/h2,4-5H,3H2,1H3;. The fourth-order valence-electron chi connectivity index (χ4n) is 0.576.